The van der Waals surface area contributed by atoms with Gasteiger partial charge in [0.2, 0.25) is 5.78 Å². The Morgan fingerprint density at radius 2 is 2.27 bits per heavy atom. The van der Waals surface area contributed by atoms with Crippen molar-refractivity contribution in [3.05, 3.63) is 35.6 Å². The van der Waals surface area contributed by atoms with E-state index < -0.39 is 0 Å². The Morgan fingerprint density at radius 1 is 1.47 bits per heavy atom. The lowest BCUT2D eigenvalue weighted by atomic mass is 10.2. The fourth-order valence-electron chi connectivity index (χ4n) is 1.55. The summed E-state index contributed by atoms with van der Waals surface area (Å²) >= 11 is 0. The molecule has 0 bridgehead atoms. The van der Waals surface area contributed by atoms with Crippen molar-refractivity contribution in [2.75, 3.05) is 13.7 Å². The van der Waals surface area contributed by atoms with Gasteiger partial charge in [-0.2, -0.15) is 0 Å². The summed E-state index contributed by atoms with van der Waals surface area (Å²) in [6.45, 7) is 2.01. The zero-order valence-electron chi connectivity index (χ0n) is 8.74. The SMILES string of the molecule is COCC(=O)c1cc2cccc(C)c2o1. The Kier molecular flexibility index (Phi) is 2.56. The lowest BCUT2D eigenvalue weighted by Crippen LogP contribution is -2.05. The molecule has 0 fully saturated rings. The number of carbonyl (C=O) groups excluding carboxylic acids is 1. The Morgan fingerprint density at radius 3 is 2.93 bits per heavy atom. The average Bonchev–Trinajstić information content (AvgIpc) is 2.63. The maximum absolute atomic E-state index is 11.5. The van der Waals surface area contributed by atoms with Crippen LogP contribution in [0.3, 0.4) is 0 Å². The van der Waals surface area contributed by atoms with Crippen molar-refractivity contribution < 1.29 is 13.9 Å². The largest absolute Gasteiger partial charge is 0.453 e. The molecular formula is C12H12O3. The van der Waals surface area contributed by atoms with Crippen LogP contribution in [0.1, 0.15) is 16.1 Å². The van der Waals surface area contributed by atoms with E-state index in [1.165, 1.54) is 7.11 Å². The first-order chi connectivity index (χ1) is 7.22. The average molecular weight is 204 g/mol. The standard InChI is InChI=1S/C12H12O3/c1-8-4-3-5-9-6-11(15-12(8)9)10(13)7-14-2/h3-6H,7H2,1-2H3. The summed E-state index contributed by atoms with van der Waals surface area (Å²) in [7, 11) is 1.49. The van der Waals surface area contributed by atoms with Crippen LogP contribution in [-0.4, -0.2) is 19.5 Å². The van der Waals surface area contributed by atoms with Gasteiger partial charge in [-0.3, -0.25) is 4.79 Å². The topological polar surface area (TPSA) is 39.4 Å². The van der Waals surface area contributed by atoms with Crippen molar-refractivity contribution in [3.63, 3.8) is 0 Å². The maximum Gasteiger partial charge on any atom is 0.223 e. The number of ketones is 1. The van der Waals surface area contributed by atoms with Crippen molar-refractivity contribution in [1.82, 2.24) is 0 Å². The van der Waals surface area contributed by atoms with Gasteiger partial charge in [-0.05, 0) is 18.6 Å². The highest BCUT2D eigenvalue weighted by Crippen LogP contribution is 2.22. The maximum atomic E-state index is 11.5. The predicted octanol–water partition coefficient (Wildman–Crippen LogP) is 2.57. The number of fused-ring (bicyclic) bond motifs is 1. The van der Waals surface area contributed by atoms with E-state index in [-0.39, 0.29) is 12.4 Å². The molecule has 0 aliphatic heterocycles. The lowest BCUT2D eigenvalue weighted by Gasteiger charge is -1.94. The molecule has 0 saturated carbocycles. The third kappa shape index (κ3) is 1.78. The van der Waals surface area contributed by atoms with Crippen LogP contribution in [0.2, 0.25) is 0 Å². The Balaban J connectivity index is 2.47. The summed E-state index contributed by atoms with van der Waals surface area (Å²) in [5.41, 5.74) is 1.81. The number of benzene rings is 1. The number of hydrogen-bond acceptors (Lipinski definition) is 3. The predicted molar refractivity (Wildman–Crippen MR) is 57.2 cm³/mol. The Hall–Kier alpha value is -1.61. The summed E-state index contributed by atoms with van der Waals surface area (Å²) in [5.74, 6) is 0.231. The molecule has 1 aromatic heterocycles. The molecule has 3 nitrogen and oxygen atoms in total. The smallest absolute Gasteiger partial charge is 0.223 e. The molecule has 0 atom stereocenters. The number of furan rings is 1. The highest BCUT2D eigenvalue weighted by molar-refractivity contribution is 5.98. The summed E-state index contributed by atoms with van der Waals surface area (Å²) in [6.07, 6.45) is 0. The summed E-state index contributed by atoms with van der Waals surface area (Å²) in [6, 6.07) is 7.58. The van der Waals surface area contributed by atoms with Crippen molar-refractivity contribution in [2.45, 2.75) is 6.92 Å². The molecule has 0 aliphatic carbocycles. The van der Waals surface area contributed by atoms with E-state index in [2.05, 4.69) is 0 Å². The molecule has 0 N–H and O–H groups in total. The van der Waals surface area contributed by atoms with Crippen LogP contribution < -0.4 is 0 Å². The molecule has 2 rings (SSSR count). The van der Waals surface area contributed by atoms with Gasteiger partial charge in [0.25, 0.3) is 0 Å². The first kappa shape index (κ1) is 9.93. The van der Waals surface area contributed by atoms with Gasteiger partial charge in [0.1, 0.15) is 12.2 Å². The molecule has 3 heteroatoms. The second kappa shape index (κ2) is 3.87. The zero-order chi connectivity index (χ0) is 10.8. The Bertz CT molecular complexity index is 497. The number of carbonyl (C=O) groups is 1. The third-order valence-electron chi connectivity index (χ3n) is 2.29. The number of hydrogen-bond donors (Lipinski definition) is 0. The summed E-state index contributed by atoms with van der Waals surface area (Å²) in [5, 5.41) is 0.953. The van der Waals surface area contributed by atoms with Crippen molar-refractivity contribution >= 4 is 16.8 Å². The molecular weight excluding hydrogens is 192 g/mol. The van der Waals surface area contributed by atoms with Crippen molar-refractivity contribution in [1.29, 1.82) is 0 Å². The normalized spacial score (nSPS) is 10.8. The third-order valence-corrected chi connectivity index (χ3v) is 2.29. The number of para-hydroxylation sites is 1. The minimum atomic E-state index is -0.131. The molecule has 0 unspecified atom stereocenters. The molecule has 0 spiro atoms. The van der Waals surface area contributed by atoms with Gasteiger partial charge in [0, 0.05) is 12.5 Å². The van der Waals surface area contributed by atoms with Crippen LogP contribution in [0, 0.1) is 6.92 Å². The first-order valence-corrected chi connectivity index (χ1v) is 4.73. The van der Waals surface area contributed by atoms with E-state index in [1.54, 1.807) is 6.07 Å². The van der Waals surface area contributed by atoms with Crippen LogP contribution >= 0.6 is 0 Å². The van der Waals surface area contributed by atoms with Gasteiger partial charge in [-0.25, -0.2) is 0 Å². The quantitative estimate of drug-likeness (QED) is 0.721. The van der Waals surface area contributed by atoms with Crippen LogP contribution in [0.15, 0.2) is 28.7 Å². The molecule has 1 aromatic carbocycles. The Labute approximate surface area is 87.6 Å². The molecule has 0 amide bonds. The fourth-order valence-corrected chi connectivity index (χ4v) is 1.55. The van der Waals surface area contributed by atoms with Crippen LogP contribution in [0.25, 0.3) is 11.0 Å². The number of methoxy groups -OCH3 is 1. The fraction of sp³-hybridized carbons (Fsp3) is 0.250. The van der Waals surface area contributed by atoms with Gasteiger partial charge in [0.15, 0.2) is 5.76 Å². The number of Topliss-reactive ketones (excluding diaryl/α,β-unsaturated/α-hetero) is 1. The number of ether oxygens (including phenoxy) is 1. The summed E-state index contributed by atoms with van der Waals surface area (Å²) < 4.78 is 10.3. The van der Waals surface area contributed by atoms with Crippen LogP contribution in [0.4, 0.5) is 0 Å². The van der Waals surface area contributed by atoms with Crippen LogP contribution in [-0.2, 0) is 4.74 Å². The van der Waals surface area contributed by atoms with Gasteiger partial charge >= 0.3 is 0 Å². The van der Waals surface area contributed by atoms with Gasteiger partial charge < -0.3 is 9.15 Å². The number of aryl methyl sites for hydroxylation is 1. The van der Waals surface area contributed by atoms with E-state index >= 15 is 0 Å². The summed E-state index contributed by atoms with van der Waals surface area (Å²) in [4.78, 5) is 11.5. The van der Waals surface area contributed by atoms with Gasteiger partial charge in [-0.1, -0.05) is 18.2 Å². The monoisotopic (exact) mass is 204 g/mol. The minimum absolute atomic E-state index is 0.0544. The van der Waals surface area contributed by atoms with E-state index in [1.807, 2.05) is 25.1 Å². The lowest BCUT2D eigenvalue weighted by molar-refractivity contribution is 0.0822. The number of rotatable bonds is 3. The minimum Gasteiger partial charge on any atom is -0.453 e. The van der Waals surface area contributed by atoms with Gasteiger partial charge in [-0.15, -0.1) is 0 Å². The second-order valence-electron chi connectivity index (χ2n) is 3.46. The van der Waals surface area contributed by atoms with Crippen molar-refractivity contribution in [3.8, 4) is 0 Å². The van der Waals surface area contributed by atoms with E-state index in [4.69, 9.17) is 9.15 Å². The molecule has 1 heterocycles. The van der Waals surface area contributed by atoms with E-state index in [0.717, 1.165) is 16.5 Å². The van der Waals surface area contributed by atoms with Gasteiger partial charge in [0.05, 0.1) is 0 Å². The molecule has 2 aromatic rings. The first-order valence-electron chi connectivity index (χ1n) is 4.73. The molecule has 0 radical (unpaired) electrons. The zero-order valence-corrected chi connectivity index (χ0v) is 8.74. The van der Waals surface area contributed by atoms with E-state index in [9.17, 15) is 4.79 Å². The van der Waals surface area contributed by atoms with Crippen molar-refractivity contribution in [2.24, 2.45) is 0 Å². The van der Waals surface area contributed by atoms with Crippen LogP contribution in [0.5, 0.6) is 0 Å². The van der Waals surface area contributed by atoms with E-state index in [0.29, 0.717) is 5.76 Å². The second-order valence-corrected chi connectivity index (χ2v) is 3.46. The molecule has 0 aliphatic rings. The molecule has 78 valence electrons. The highest BCUT2D eigenvalue weighted by atomic mass is 16.5. The molecule has 0 saturated heterocycles. The highest BCUT2D eigenvalue weighted by Gasteiger charge is 2.12. The molecule has 15 heavy (non-hydrogen) atoms.